The Labute approximate surface area is 94.0 Å². The molecule has 1 fully saturated rings. The lowest BCUT2D eigenvalue weighted by molar-refractivity contribution is 0.0899. The van der Waals surface area contributed by atoms with Gasteiger partial charge in [0.05, 0.1) is 18.8 Å². The van der Waals surface area contributed by atoms with Crippen molar-refractivity contribution in [2.45, 2.75) is 66.1 Å². The van der Waals surface area contributed by atoms with Crippen LogP contribution in [-0.4, -0.2) is 23.9 Å². The van der Waals surface area contributed by atoms with E-state index in [1.165, 1.54) is 0 Å². The Kier molecular flexibility index (Phi) is 3.83. The first-order valence-corrected chi connectivity index (χ1v) is 6.00. The molecule has 0 amide bonds. The highest BCUT2D eigenvalue weighted by Crippen LogP contribution is 2.41. The summed E-state index contributed by atoms with van der Waals surface area (Å²) in [4.78, 5) is 0. The quantitative estimate of drug-likeness (QED) is 0.689. The van der Waals surface area contributed by atoms with Crippen molar-refractivity contribution in [3.63, 3.8) is 0 Å². The molecule has 1 saturated heterocycles. The molecule has 2 atom stereocenters. The Morgan fingerprint density at radius 3 is 2.20 bits per heavy atom. The standard InChI is InChI=1S/C13H26O2/c1-10(14)6-12(2,3)9-13(4,5)7-11-8-15-11/h10-11,14H,6-9H2,1-5H3. The Balaban J connectivity index is 2.42. The van der Waals surface area contributed by atoms with Crippen molar-refractivity contribution >= 4 is 0 Å². The number of ether oxygens (including phenoxy) is 1. The van der Waals surface area contributed by atoms with Gasteiger partial charge in [-0.2, -0.15) is 0 Å². The van der Waals surface area contributed by atoms with Crippen LogP contribution in [0.25, 0.3) is 0 Å². The second kappa shape index (κ2) is 4.42. The van der Waals surface area contributed by atoms with Gasteiger partial charge in [0.1, 0.15) is 0 Å². The van der Waals surface area contributed by atoms with E-state index < -0.39 is 0 Å². The number of aliphatic hydroxyl groups excluding tert-OH is 1. The van der Waals surface area contributed by atoms with Gasteiger partial charge in [0, 0.05) is 0 Å². The molecule has 0 saturated carbocycles. The van der Waals surface area contributed by atoms with Gasteiger partial charge < -0.3 is 9.84 Å². The van der Waals surface area contributed by atoms with E-state index in [1.54, 1.807) is 0 Å². The minimum absolute atomic E-state index is 0.201. The lowest BCUT2D eigenvalue weighted by atomic mass is 9.71. The zero-order valence-electron chi connectivity index (χ0n) is 10.8. The molecule has 0 radical (unpaired) electrons. The van der Waals surface area contributed by atoms with Crippen molar-refractivity contribution in [3.05, 3.63) is 0 Å². The normalized spacial score (nSPS) is 24.0. The molecule has 0 aromatic rings. The number of rotatable bonds is 6. The van der Waals surface area contributed by atoms with Crippen molar-refractivity contribution in [2.75, 3.05) is 6.61 Å². The minimum atomic E-state index is -0.201. The first-order valence-electron chi connectivity index (χ1n) is 6.00. The van der Waals surface area contributed by atoms with Gasteiger partial charge in [0.15, 0.2) is 0 Å². The lowest BCUT2D eigenvalue weighted by Gasteiger charge is -2.35. The van der Waals surface area contributed by atoms with Crippen LogP contribution in [0.3, 0.4) is 0 Å². The van der Waals surface area contributed by atoms with Gasteiger partial charge in [-0.15, -0.1) is 0 Å². The zero-order chi connectivity index (χ0) is 11.7. The predicted octanol–water partition coefficient (Wildman–Crippen LogP) is 2.99. The van der Waals surface area contributed by atoms with Crippen LogP contribution in [0, 0.1) is 10.8 Å². The maximum atomic E-state index is 9.45. The molecule has 0 spiro atoms. The van der Waals surface area contributed by atoms with Gasteiger partial charge in [-0.05, 0) is 37.0 Å². The minimum Gasteiger partial charge on any atom is -0.393 e. The summed E-state index contributed by atoms with van der Waals surface area (Å²) in [5.74, 6) is 0. The Hall–Kier alpha value is -0.0800. The molecular formula is C13H26O2. The smallest absolute Gasteiger partial charge is 0.0815 e. The topological polar surface area (TPSA) is 32.8 Å². The summed E-state index contributed by atoms with van der Waals surface area (Å²) in [6.07, 6.45) is 3.47. The van der Waals surface area contributed by atoms with Crippen LogP contribution in [-0.2, 0) is 4.74 Å². The highest BCUT2D eigenvalue weighted by molar-refractivity contribution is 4.85. The lowest BCUT2D eigenvalue weighted by Crippen LogP contribution is -2.27. The number of hydrogen-bond donors (Lipinski definition) is 1. The fraction of sp³-hybridized carbons (Fsp3) is 1.00. The summed E-state index contributed by atoms with van der Waals surface area (Å²) in [6, 6.07) is 0. The molecule has 1 N–H and O–H groups in total. The molecule has 1 aliphatic rings. The van der Waals surface area contributed by atoms with E-state index in [0.29, 0.717) is 11.5 Å². The van der Waals surface area contributed by atoms with Gasteiger partial charge in [0.2, 0.25) is 0 Å². The molecule has 1 heterocycles. The molecule has 0 bridgehead atoms. The molecule has 0 aromatic heterocycles. The van der Waals surface area contributed by atoms with Crippen molar-refractivity contribution in [1.82, 2.24) is 0 Å². The van der Waals surface area contributed by atoms with Crippen LogP contribution in [0.5, 0.6) is 0 Å². The van der Waals surface area contributed by atoms with Gasteiger partial charge in [-0.3, -0.25) is 0 Å². The van der Waals surface area contributed by atoms with E-state index in [2.05, 4.69) is 27.7 Å². The van der Waals surface area contributed by atoms with Crippen LogP contribution in [0.1, 0.15) is 53.9 Å². The number of aliphatic hydroxyl groups is 1. The first-order chi connectivity index (χ1) is 6.70. The first kappa shape index (κ1) is 13.0. The third kappa shape index (κ3) is 5.53. The van der Waals surface area contributed by atoms with Crippen molar-refractivity contribution < 1.29 is 9.84 Å². The molecule has 1 rings (SSSR count). The van der Waals surface area contributed by atoms with E-state index in [1.807, 2.05) is 6.92 Å². The molecule has 15 heavy (non-hydrogen) atoms. The van der Waals surface area contributed by atoms with Crippen molar-refractivity contribution in [2.24, 2.45) is 10.8 Å². The van der Waals surface area contributed by atoms with Crippen LogP contribution in [0.2, 0.25) is 0 Å². The number of hydrogen-bond acceptors (Lipinski definition) is 2. The second-order valence-corrected chi connectivity index (χ2v) is 6.72. The Bertz CT molecular complexity index is 189. The van der Waals surface area contributed by atoms with E-state index in [-0.39, 0.29) is 11.5 Å². The average molecular weight is 214 g/mol. The number of epoxide rings is 1. The summed E-state index contributed by atoms with van der Waals surface area (Å²) < 4.78 is 5.29. The largest absolute Gasteiger partial charge is 0.393 e. The van der Waals surface area contributed by atoms with Gasteiger partial charge in [0.25, 0.3) is 0 Å². The summed E-state index contributed by atoms with van der Waals surface area (Å²) >= 11 is 0. The van der Waals surface area contributed by atoms with Crippen LogP contribution < -0.4 is 0 Å². The average Bonchev–Trinajstić information content (AvgIpc) is 2.62. The van der Waals surface area contributed by atoms with E-state index >= 15 is 0 Å². The van der Waals surface area contributed by atoms with E-state index in [4.69, 9.17) is 4.74 Å². The molecule has 90 valence electrons. The summed E-state index contributed by atoms with van der Waals surface area (Å²) in [5, 5.41) is 9.45. The third-order valence-corrected chi connectivity index (χ3v) is 2.99. The van der Waals surface area contributed by atoms with Gasteiger partial charge >= 0.3 is 0 Å². The van der Waals surface area contributed by atoms with E-state index in [9.17, 15) is 5.11 Å². The molecule has 2 heteroatoms. The fourth-order valence-corrected chi connectivity index (χ4v) is 3.04. The van der Waals surface area contributed by atoms with Crippen molar-refractivity contribution in [1.29, 1.82) is 0 Å². The summed E-state index contributed by atoms with van der Waals surface area (Å²) in [5.41, 5.74) is 0.534. The van der Waals surface area contributed by atoms with Crippen LogP contribution >= 0.6 is 0 Å². The predicted molar refractivity (Wildman–Crippen MR) is 62.8 cm³/mol. The summed E-state index contributed by atoms with van der Waals surface area (Å²) in [7, 11) is 0. The molecule has 1 aliphatic heterocycles. The summed E-state index contributed by atoms with van der Waals surface area (Å²) in [6.45, 7) is 11.9. The Morgan fingerprint density at radius 2 is 1.80 bits per heavy atom. The monoisotopic (exact) mass is 214 g/mol. The SMILES string of the molecule is CC(O)CC(C)(C)CC(C)(C)CC1CO1. The fourth-order valence-electron chi connectivity index (χ4n) is 3.04. The third-order valence-electron chi connectivity index (χ3n) is 2.99. The van der Waals surface area contributed by atoms with Crippen molar-refractivity contribution in [3.8, 4) is 0 Å². The zero-order valence-corrected chi connectivity index (χ0v) is 10.8. The molecule has 2 nitrogen and oxygen atoms in total. The van der Waals surface area contributed by atoms with Crippen LogP contribution in [0.4, 0.5) is 0 Å². The molecule has 0 aliphatic carbocycles. The highest BCUT2D eigenvalue weighted by atomic mass is 16.6. The van der Waals surface area contributed by atoms with Gasteiger partial charge in [-0.25, -0.2) is 0 Å². The van der Waals surface area contributed by atoms with Gasteiger partial charge in [-0.1, -0.05) is 27.7 Å². The maximum absolute atomic E-state index is 9.45. The van der Waals surface area contributed by atoms with E-state index in [0.717, 1.165) is 25.9 Å². The van der Waals surface area contributed by atoms with Crippen LogP contribution in [0.15, 0.2) is 0 Å². The molecule has 2 unspecified atom stereocenters. The Morgan fingerprint density at radius 1 is 1.27 bits per heavy atom. The molecule has 0 aromatic carbocycles. The second-order valence-electron chi connectivity index (χ2n) is 6.72. The maximum Gasteiger partial charge on any atom is 0.0815 e. The highest BCUT2D eigenvalue weighted by Gasteiger charge is 2.35. The molecular weight excluding hydrogens is 188 g/mol.